The van der Waals surface area contributed by atoms with Crippen molar-refractivity contribution < 1.29 is 13.9 Å². The first-order chi connectivity index (χ1) is 16.4. The summed E-state index contributed by atoms with van der Waals surface area (Å²) in [5.41, 5.74) is 2.97. The molecule has 0 unspecified atom stereocenters. The van der Waals surface area contributed by atoms with Gasteiger partial charge in [-0.15, -0.1) is 0 Å². The normalized spacial score (nSPS) is 19.2. The van der Waals surface area contributed by atoms with Gasteiger partial charge in [0.15, 0.2) is 6.61 Å². The third-order valence-electron chi connectivity index (χ3n) is 7.02. The van der Waals surface area contributed by atoms with Gasteiger partial charge in [0.05, 0.1) is 5.39 Å². The summed E-state index contributed by atoms with van der Waals surface area (Å²) in [7, 11) is 0. The lowest BCUT2D eigenvalue weighted by Crippen LogP contribution is -2.50. The highest BCUT2D eigenvalue weighted by molar-refractivity contribution is 5.88. The molecule has 3 aromatic rings. The number of carbonyl (C=O) groups excluding carboxylic acids is 1. The average Bonchev–Trinajstić information content (AvgIpc) is 2.81. The van der Waals surface area contributed by atoms with Crippen molar-refractivity contribution in [1.82, 2.24) is 9.47 Å². The van der Waals surface area contributed by atoms with Crippen molar-refractivity contribution in [2.45, 2.75) is 52.0 Å². The highest BCUT2D eigenvalue weighted by atomic mass is 16.5. The number of nitrogens with zero attached hydrogens (tertiary/aromatic N) is 2. The standard InChI is InChI=1S/C27H30N2O5/c1-3-4-6-19-12-26(32)34-23-10-17(2)9-22(27(19)23)33-16-25(31)28-13-18-11-20(15-28)21-7-5-8-24(30)29(21)14-18/h5,7-10,12,18,20H,3-4,6,11,13-16H2,1-2H3/t18-,20-/m0/s1. The minimum Gasteiger partial charge on any atom is -0.483 e. The maximum absolute atomic E-state index is 13.2. The number of rotatable bonds is 6. The smallest absolute Gasteiger partial charge is 0.336 e. The molecule has 7 nitrogen and oxygen atoms in total. The van der Waals surface area contributed by atoms with Crippen molar-refractivity contribution in [3.63, 3.8) is 0 Å². The van der Waals surface area contributed by atoms with E-state index in [4.69, 9.17) is 9.15 Å². The van der Waals surface area contributed by atoms with Crippen LogP contribution < -0.4 is 15.9 Å². The lowest BCUT2D eigenvalue weighted by molar-refractivity contribution is -0.136. The van der Waals surface area contributed by atoms with E-state index in [1.807, 2.05) is 34.6 Å². The lowest BCUT2D eigenvalue weighted by atomic mass is 9.83. The largest absolute Gasteiger partial charge is 0.483 e. The predicted molar refractivity (Wildman–Crippen MR) is 129 cm³/mol. The number of carbonyl (C=O) groups is 1. The van der Waals surface area contributed by atoms with Crippen LogP contribution in [0.15, 0.2) is 50.4 Å². The Morgan fingerprint density at radius 2 is 2.00 bits per heavy atom. The molecule has 2 bridgehead atoms. The molecule has 2 atom stereocenters. The molecule has 34 heavy (non-hydrogen) atoms. The number of aryl methyl sites for hydroxylation is 2. The number of piperidine rings is 1. The van der Waals surface area contributed by atoms with Gasteiger partial charge >= 0.3 is 5.63 Å². The second-order valence-corrected chi connectivity index (χ2v) is 9.62. The summed E-state index contributed by atoms with van der Waals surface area (Å²) >= 11 is 0. The zero-order valence-corrected chi connectivity index (χ0v) is 19.7. The fourth-order valence-electron chi connectivity index (χ4n) is 5.48. The van der Waals surface area contributed by atoms with Crippen LogP contribution in [0.25, 0.3) is 11.0 Å². The van der Waals surface area contributed by atoms with Crippen LogP contribution in [0.2, 0.25) is 0 Å². The summed E-state index contributed by atoms with van der Waals surface area (Å²) in [6, 6.07) is 10.7. The average molecular weight is 463 g/mol. The molecule has 178 valence electrons. The highest BCUT2D eigenvalue weighted by Crippen LogP contribution is 2.35. The van der Waals surface area contributed by atoms with E-state index in [0.29, 0.717) is 31.0 Å². The Morgan fingerprint density at radius 3 is 2.82 bits per heavy atom. The van der Waals surface area contributed by atoms with Gasteiger partial charge in [-0.2, -0.15) is 0 Å². The van der Waals surface area contributed by atoms with Crippen molar-refractivity contribution in [3.8, 4) is 5.75 Å². The number of ether oxygens (including phenoxy) is 1. The van der Waals surface area contributed by atoms with Gasteiger partial charge < -0.3 is 18.6 Å². The Morgan fingerprint density at radius 1 is 1.15 bits per heavy atom. The van der Waals surface area contributed by atoms with Crippen LogP contribution >= 0.6 is 0 Å². The van der Waals surface area contributed by atoms with Gasteiger partial charge in [0, 0.05) is 43.4 Å². The molecule has 0 N–H and O–H groups in total. The first-order valence-electron chi connectivity index (χ1n) is 12.1. The van der Waals surface area contributed by atoms with Crippen LogP contribution in [0.3, 0.4) is 0 Å². The lowest BCUT2D eigenvalue weighted by Gasteiger charge is -2.42. The molecule has 0 radical (unpaired) electrons. The number of hydrogen-bond acceptors (Lipinski definition) is 5. The Labute approximate surface area is 197 Å². The van der Waals surface area contributed by atoms with Crippen LogP contribution in [0, 0.1) is 12.8 Å². The first-order valence-corrected chi connectivity index (χ1v) is 12.1. The van der Waals surface area contributed by atoms with E-state index in [1.165, 1.54) is 6.07 Å². The zero-order valence-electron chi connectivity index (χ0n) is 19.7. The summed E-state index contributed by atoms with van der Waals surface area (Å²) in [5.74, 6) is 0.945. The summed E-state index contributed by atoms with van der Waals surface area (Å²) in [6.45, 7) is 5.82. The quantitative estimate of drug-likeness (QED) is 0.523. The highest BCUT2D eigenvalue weighted by Gasteiger charge is 2.36. The minimum atomic E-state index is -0.370. The molecule has 7 heteroatoms. The number of hydrogen-bond donors (Lipinski definition) is 0. The summed E-state index contributed by atoms with van der Waals surface area (Å²) in [5, 5.41) is 0.773. The van der Waals surface area contributed by atoms with Crippen LogP contribution in [0.1, 0.15) is 48.9 Å². The van der Waals surface area contributed by atoms with E-state index in [9.17, 15) is 14.4 Å². The van der Waals surface area contributed by atoms with Gasteiger partial charge in [0.1, 0.15) is 11.3 Å². The number of fused-ring (bicyclic) bond motifs is 5. The van der Waals surface area contributed by atoms with Crippen LogP contribution in [0.4, 0.5) is 0 Å². The predicted octanol–water partition coefficient (Wildman–Crippen LogP) is 3.63. The van der Waals surface area contributed by atoms with Gasteiger partial charge in [0.25, 0.3) is 11.5 Å². The molecule has 4 heterocycles. The number of unbranched alkanes of at least 4 members (excludes halogenated alkanes) is 1. The van der Waals surface area contributed by atoms with Gasteiger partial charge in [-0.1, -0.05) is 19.4 Å². The molecule has 2 aliphatic rings. The van der Waals surface area contributed by atoms with Crippen molar-refractivity contribution in [2.24, 2.45) is 5.92 Å². The number of amides is 1. The second kappa shape index (κ2) is 9.12. The van der Waals surface area contributed by atoms with Gasteiger partial charge in [-0.3, -0.25) is 9.59 Å². The third-order valence-corrected chi connectivity index (χ3v) is 7.02. The molecule has 1 aromatic carbocycles. The maximum Gasteiger partial charge on any atom is 0.336 e. The van der Waals surface area contributed by atoms with Crippen molar-refractivity contribution in [2.75, 3.05) is 19.7 Å². The molecule has 2 aromatic heterocycles. The molecule has 1 fully saturated rings. The van der Waals surface area contributed by atoms with Crippen LogP contribution in [-0.2, 0) is 17.8 Å². The third kappa shape index (κ3) is 4.27. The van der Waals surface area contributed by atoms with E-state index >= 15 is 0 Å². The Bertz CT molecular complexity index is 1360. The van der Waals surface area contributed by atoms with Gasteiger partial charge in [0.2, 0.25) is 0 Å². The summed E-state index contributed by atoms with van der Waals surface area (Å²) < 4.78 is 13.4. The fourth-order valence-corrected chi connectivity index (χ4v) is 5.48. The first kappa shape index (κ1) is 22.4. The number of aromatic nitrogens is 1. The summed E-state index contributed by atoms with van der Waals surface area (Å²) in [4.78, 5) is 39.4. The van der Waals surface area contributed by atoms with Gasteiger partial charge in [-0.05, 0) is 61.4 Å². The van der Waals surface area contributed by atoms with E-state index in [-0.39, 0.29) is 35.5 Å². The zero-order chi connectivity index (χ0) is 23.8. The second-order valence-electron chi connectivity index (χ2n) is 9.62. The maximum atomic E-state index is 13.2. The van der Waals surface area contributed by atoms with E-state index < -0.39 is 0 Å². The molecule has 0 saturated carbocycles. The molecule has 5 rings (SSSR count). The van der Waals surface area contributed by atoms with Crippen LogP contribution in [0.5, 0.6) is 5.75 Å². The molecule has 0 spiro atoms. The monoisotopic (exact) mass is 462 g/mol. The van der Waals surface area contributed by atoms with Crippen molar-refractivity contribution in [3.05, 3.63) is 74.0 Å². The van der Waals surface area contributed by atoms with E-state index in [0.717, 1.165) is 47.9 Å². The minimum absolute atomic E-state index is 0.0344. The molecular weight excluding hydrogens is 432 g/mol. The topological polar surface area (TPSA) is 81.8 Å². The molecule has 2 aliphatic heterocycles. The Kier molecular flexibility index (Phi) is 6.02. The number of benzene rings is 1. The Hall–Kier alpha value is -3.35. The van der Waals surface area contributed by atoms with Crippen molar-refractivity contribution >= 4 is 16.9 Å². The molecule has 1 saturated heterocycles. The SMILES string of the molecule is CCCCc1cc(=O)oc2cc(C)cc(OCC(=O)N3C[C@@H]4C[C@@H](C3)c3cccc(=O)n3C4)c12. The summed E-state index contributed by atoms with van der Waals surface area (Å²) in [6.07, 6.45) is 3.71. The van der Waals surface area contributed by atoms with Gasteiger partial charge in [-0.25, -0.2) is 4.79 Å². The van der Waals surface area contributed by atoms with Crippen molar-refractivity contribution in [1.29, 1.82) is 0 Å². The Balaban J connectivity index is 1.36. The van der Waals surface area contributed by atoms with E-state index in [2.05, 4.69) is 6.92 Å². The number of likely N-dealkylation sites (tertiary alicyclic amines) is 1. The number of pyridine rings is 1. The van der Waals surface area contributed by atoms with Crippen LogP contribution in [-0.4, -0.2) is 35.1 Å². The van der Waals surface area contributed by atoms with E-state index in [1.54, 1.807) is 12.1 Å². The fraction of sp³-hybridized carbons (Fsp3) is 0.444. The molecule has 0 aliphatic carbocycles. The molecular formula is C27H30N2O5. The molecule has 1 amide bonds.